The summed E-state index contributed by atoms with van der Waals surface area (Å²) in [6, 6.07) is 0. The molecule has 0 aromatic carbocycles. The van der Waals surface area contributed by atoms with Gasteiger partial charge in [0.05, 0.1) is 112 Å². The van der Waals surface area contributed by atoms with Gasteiger partial charge in [0.2, 0.25) is 0 Å². The number of aliphatic hydroxyl groups is 1. The van der Waals surface area contributed by atoms with Gasteiger partial charge in [0.25, 0.3) is 0 Å². The van der Waals surface area contributed by atoms with E-state index in [2.05, 4.69) is 28.4 Å². The molecule has 0 aliphatic carbocycles. The molecule has 43 heteroatoms. The topological polar surface area (TPSA) is 153 Å². The molecular weight excluding hydrogens is 1350 g/mol. The van der Waals surface area contributed by atoms with Crippen LogP contribution in [-0.2, 0) is 52.1 Å². The van der Waals surface area contributed by atoms with Crippen LogP contribution in [0.2, 0.25) is 0 Å². The minimum absolute atomic E-state index is 0. The number of aliphatic hydroxyl groups excluding tert-OH is 1. The minimum atomic E-state index is -6.27. The lowest BCUT2D eigenvalue weighted by atomic mass is 9.91. The second-order valence-corrected chi connectivity index (χ2v) is 24.0. The molecule has 3 N–H and O–H groups in total. The SMILES string of the molecule is CC(C)(COCC(C)(COCC(C)(COCC(C)(COCC(C)(COCC(C)(CO)COCC(F)(F)C(F)(F)F)COCC(F)(F)C(F)(F)F)COCC(F)(F)C(F)(F)F)COCC(F)(F)C(F)(F)F)COCC(F)(F)C(F)(F)F)COCC(F)(F)C(F)(F)F.O.[HH]. The quantitative estimate of drug-likeness (QED) is 0.0577. The Morgan fingerprint density at radius 3 is 0.440 bits per heavy atom. The molecule has 13 nitrogen and oxygen atoms in total. The highest BCUT2D eigenvalue weighted by atomic mass is 19.5. The number of halogens is 30. The molecule has 0 aliphatic heterocycles. The summed E-state index contributed by atoms with van der Waals surface area (Å²) in [5.41, 5.74) is -11.7. The Morgan fingerprint density at radius 2 is 0.308 bits per heavy atom. The van der Waals surface area contributed by atoms with Crippen molar-refractivity contribution in [3.63, 3.8) is 0 Å². The van der Waals surface area contributed by atoms with Crippen LogP contribution < -0.4 is 0 Å². The molecule has 91 heavy (non-hydrogen) atoms. The third-order valence-electron chi connectivity index (χ3n) is 11.9. The molecule has 0 aromatic heterocycles. The molecule has 552 valence electrons. The average molecular weight is 1430 g/mol. The van der Waals surface area contributed by atoms with E-state index in [1.165, 1.54) is 13.8 Å². The maximum Gasteiger partial charge on any atom is 0.455 e. The van der Waals surface area contributed by atoms with E-state index in [0.29, 0.717) is 0 Å². The largest absolute Gasteiger partial charge is 0.455 e. The van der Waals surface area contributed by atoms with Gasteiger partial charge < -0.3 is 62.7 Å². The number of alkyl halides is 30. The van der Waals surface area contributed by atoms with Crippen molar-refractivity contribution in [1.82, 2.24) is 0 Å². The van der Waals surface area contributed by atoms with Gasteiger partial charge in [-0.15, -0.1) is 0 Å². The van der Waals surface area contributed by atoms with Crippen molar-refractivity contribution in [1.29, 1.82) is 0 Å². The Kier molecular flexibility index (Phi) is 33.4. The van der Waals surface area contributed by atoms with Gasteiger partial charge in [0.1, 0.15) is 39.6 Å². The third-order valence-corrected chi connectivity index (χ3v) is 11.9. The van der Waals surface area contributed by atoms with Crippen LogP contribution in [0.15, 0.2) is 0 Å². The predicted molar refractivity (Wildman–Crippen MR) is 252 cm³/mol. The molecule has 0 amide bonds. The van der Waals surface area contributed by atoms with Crippen molar-refractivity contribution in [2.45, 2.75) is 121 Å². The molecule has 5 atom stereocenters. The maximum atomic E-state index is 14.0. The van der Waals surface area contributed by atoms with Crippen molar-refractivity contribution < 1.29 is 196 Å². The Hall–Kier alpha value is -2.62. The molecule has 0 aromatic rings. The highest BCUT2D eigenvalue weighted by Crippen LogP contribution is 2.42. The molecule has 0 spiro atoms. The summed E-state index contributed by atoms with van der Waals surface area (Å²) in [5, 5.41) is 9.86. The van der Waals surface area contributed by atoms with E-state index in [1.54, 1.807) is 0 Å². The van der Waals surface area contributed by atoms with Crippen molar-refractivity contribution in [2.24, 2.45) is 32.5 Å². The van der Waals surface area contributed by atoms with E-state index >= 15 is 0 Å². The highest BCUT2D eigenvalue weighted by Gasteiger charge is 2.62. The minimum Gasteiger partial charge on any atom is -0.412 e. The lowest BCUT2D eigenvalue weighted by Crippen LogP contribution is -2.45. The van der Waals surface area contributed by atoms with Gasteiger partial charge in [0, 0.05) is 33.9 Å². The van der Waals surface area contributed by atoms with Gasteiger partial charge >= 0.3 is 72.6 Å². The fourth-order valence-corrected chi connectivity index (χ4v) is 6.50. The van der Waals surface area contributed by atoms with E-state index in [-0.39, 0.29) is 6.90 Å². The van der Waals surface area contributed by atoms with Crippen molar-refractivity contribution in [3.8, 4) is 0 Å². The van der Waals surface area contributed by atoms with Gasteiger partial charge in [-0.25, -0.2) is 0 Å². The molecule has 5 unspecified atom stereocenters. The summed E-state index contributed by atoms with van der Waals surface area (Å²) in [6.45, 7) is -24.9. The lowest BCUT2D eigenvalue weighted by Gasteiger charge is -2.36. The van der Waals surface area contributed by atoms with Crippen molar-refractivity contribution in [3.05, 3.63) is 0 Å². The Bertz CT molecular complexity index is 2080. The van der Waals surface area contributed by atoms with E-state index in [1.807, 2.05) is 0 Å². The summed E-state index contributed by atoms with van der Waals surface area (Å²) in [7, 11) is 0. The summed E-state index contributed by atoms with van der Waals surface area (Å²) in [5.74, 6) is -33.0. The van der Waals surface area contributed by atoms with Crippen LogP contribution in [0.3, 0.4) is 0 Å². The molecule has 0 saturated carbocycles. The first-order chi connectivity index (χ1) is 39.8. The molecule has 0 heterocycles. The molecule has 0 radical (unpaired) electrons. The monoisotopic (exact) mass is 1430 g/mol. The van der Waals surface area contributed by atoms with Gasteiger partial charge in [-0.2, -0.15) is 132 Å². The predicted octanol–water partition coefficient (Wildman–Crippen LogP) is 12.8. The average Bonchev–Trinajstić information content (AvgIpc) is 0.884. The van der Waals surface area contributed by atoms with Crippen LogP contribution in [0.4, 0.5) is 132 Å². The number of hydrogen-bond acceptors (Lipinski definition) is 12. The van der Waals surface area contributed by atoms with Gasteiger partial charge in [-0.3, -0.25) is 0 Å². The van der Waals surface area contributed by atoms with Crippen LogP contribution in [0.5, 0.6) is 0 Å². The van der Waals surface area contributed by atoms with E-state index in [4.69, 9.17) is 23.7 Å². The normalized spacial score (nSPS) is 17.9. The fraction of sp³-hybridized carbons (Fsp3) is 1.00. The maximum absolute atomic E-state index is 14.0. The first kappa shape index (κ1) is 90.4. The van der Waals surface area contributed by atoms with E-state index in [0.717, 1.165) is 34.6 Å². The summed E-state index contributed by atoms with van der Waals surface area (Å²) in [6.07, 6.45) is -37.1. The van der Waals surface area contributed by atoms with E-state index in [9.17, 15) is 137 Å². The van der Waals surface area contributed by atoms with Gasteiger partial charge in [0.15, 0.2) is 0 Å². The van der Waals surface area contributed by atoms with Gasteiger partial charge in [-0.05, 0) is 0 Å². The Labute approximate surface area is 501 Å². The van der Waals surface area contributed by atoms with Crippen LogP contribution in [0.25, 0.3) is 0 Å². The fourth-order valence-electron chi connectivity index (χ4n) is 6.50. The molecule has 0 rings (SSSR count). The van der Waals surface area contributed by atoms with Crippen molar-refractivity contribution in [2.75, 3.05) is 152 Å². The Balaban J connectivity index is -0.0000396. The summed E-state index contributed by atoms with van der Waals surface area (Å²) < 4.78 is 452. The first-order valence-electron chi connectivity index (χ1n) is 25.5. The van der Waals surface area contributed by atoms with Crippen LogP contribution in [0, 0.1) is 32.5 Å². The first-order valence-corrected chi connectivity index (χ1v) is 25.5. The number of rotatable bonds is 45. The third kappa shape index (κ3) is 31.4. The zero-order chi connectivity index (χ0) is 71.0. The molecular formula is C48H72F30O13. The second-order valence-electron chi connectivity index (χ2n) is 24.0. The zero-order valence-corrected chi connectivity index (χ0v) is 49.0. The number of ether oxygens (including phenoxy) is 11. The molecule has 0 fully saturated rings. The second kappa shape index (κ2) is 33.6. The lowest BCUT2D eigenvalue weighted by molar-refractivity contribution is -0.299. The van der Waals surface area contributed by atoms with Crippen LogP contribution in [-0.4, -0.2) is 235 Å². The summed E-state index contributed by atoms with van der Waals surface area (Å²) in [4.78, 5) is 0. The van der Waals surface area contributed by atoms with Crippen molar-refractivity contribution >= 4 is 0 Å². The van der Waals surface area contributed by atoms with Crippen LogP contribution in [0.1, 0.15) is 49.9 Å². The summed E-state index contributed by atoms with van der Waals surface area (Å²) >= 11 is 0. The molecule has 0 aliphatic rings. The van der Waals surface area contributed by atoms with E-state index < -0.39 is 257 Å². The standard InChI is InChI=1S/C48H68F30O12.H2O.H2/c1-31(2,10-81-25-37(49,50)43(61,62)63)9-80-13-33(4,21-87-27-39(53,54)45(67,68)69)15-83-17-35(6,23-89-29-41(57,58)47(73,74)75)19-85-20-36(7,24-90-30-42(59,60)48(76,77)78)18-84-16-34(5,22-88-28-40(55,56)46(70,71)72)14-82-11-32(3,8-79)12-86-26-38(51,52)44(64,65)66;;/h79H,8-30H2,1-7H3;1H2;1H. The zero-order valence-electron chi connectivity index (χ0n) is 49.0. The molecule has 0 saturated heterocycles. The highest BCUT2D eigenvalue weighted by molar-refractivity contribution is 4.86. The molecule has 0 bridgehead atoms. The Morgan fingerprint density at radius 1 is 0.198 bits per heavy atom. The van der Waals surface area contributed by atoms with Crippen LogP contribution >= 0.6 is 0 Å². The number of hydrogen-bond donors (Lipinski definition) is 1. The smallest absolute Gasteiger partial charge is 0.412 e. The van der Waals surface area contributed by atoms with Gasteiger partial charge in [-0.1, -0.05) is 48.5 Å².